The number of nitrogens with zero attached hydrogens (tertiary/aromatic N) is 7. The smallest absolute Gasteiger partial charge is 0.253 e. The van der Waals surface area contributed by atoms with Crippen molar-refractivity contribution in [3.05, 3.63) is 58.3 Å². The molecule has 208 valence electrons. The molecule has 7 rings (SSSR count). The lowest BCUT2D eigenvalue weighted by Crippen LogP contribution is -2.74. The molecule has 9 nitrogen and oxygen atoms in total. The zero-order chi connectivity index (χ0) is 28.7. The van der Waals surface area contributed by atoms with E-state index >= 15 is 0 Å². The Labute approximate surface area is 240 Å². The van der Waals surface area contributed by atoms with Crippen molar-refractivity contribution in [2.45, 2.75) is 32.3 Å². The number of aromatic nitrogens is 3. The maximum atomic E-state index is 13.5. The van der Waals surface area contributed by atoms with Gasteiger partial charge in [-0.1, -0.05) is 11.3 Å². The van der Waals surface area contributed by atoms with Gasteiger partial charge in [0.25, 0.3) is 5.91 Å². The molecule has 0 unspecified atom stereocenters. The van der Waals surface area contributed by atoms with Crippen molar-refractivity contribution in [1.82, 2.24) is 19.9 Å². The number of pyridine rings is 2. The van der Waals surface area contributed by atoms with Crippen molar-refractivity contribution in [3.63, 3.8) is 0 Å². The Hall–Kier alpha value is -4.14. The zero-order valence-electron chi connectivity index (χ0n) is 23.0. The zero-order valence-corrected chi connectivity index (χ0v) is 23.8. The SMILES string of the molecule is CN(c1nc(-c2ccc(F)cc2)c(C#N)s1)c1c2c(nc3ccc(N4CC5(CN(C(=O)C(C)(C)O)C5)C4)nc13)CC2. The Morgan fingerprint density at radius 3 is 2.46 bits per heavy atom. The third kappa shape index (κ3) is 4.12. The average Bonchev–Trinajstić information content (AvgIpc) is 3.32. The van der Waals surface area contributed by atoms with Crippen LogP contribution in [0.4, 0.5) is 21.0 Å². The van der Waals surface area contributed by atoms with Gasteiger partial charge in [0.2, 0.25) is 0 Å². The van der Waals surface area contributed by atoms with E-state index in [1.165, 1.54) is 37.3 Å². The molecule has 5 heterocycles. The number of anilines is 3. The number of likely N-dealkylation sites (tertiary alicyclic amines) is 1. The molecule has 41 heavy (non-hydrogen) atoms. The Balaban J connectivity index is 1.19. The third-order valence-corrected chi connectivity index (χ3v) is 9.32. The van der Waals surface area contributed by atoms with Gasteiger partial charge in [0.15, 0.2) is 5.13 Å². The lowest BCUT2D eigenvalue weighted by Gasteiger charge is -2.61. The highest BCUT2D eigenvalue weighted by atomic mass is 32.1. The number of hydrogen-bond donors (Lipinski definition) is 1. The minimum Gasteiger partial charge on any atom is -0.381 e. The topological polar surface area (TPSA) is 109 Å². The first-order valence-electron chi connectivity index (χ1n) is 13.6. The van der Waals surface area contributed by atoms with Gasteiger partial charge >= 0.3 is 0 Å². The van der Waals surface area contributed by atoms with Crippen LogP contribution in [0.25, 0.3) is 22.3 Å². The van der Waals surface area contributed by atoms with Gasteiger partial charge < -0.3 is 19.8 Å². The van der Waals surface area contributed by atoms with Crippen LogP contribution in [0.15, 0.2) is 36.4 Å². The number of nitriles is 1. The van der Waals surface area contributed by atoms with E-state index < -0.39 is 5.60 Å². The van der Waals surface area contributed by atoms with Crippen LogP contribution in [-0.2, 0) is 17.6 Å². The minimum atomic E-state index is -1.35. The van der Waals surface area contributed by atoms with Crippen LogP contribution >= 0.6 is 11.3 Å². The lowest BCUT2D eigenvalue weighted by atomic mass is 9.72. The molecule has 0 saturated carbocycles. The predicted molar refractivity (Wildman–Crippen MR) is 155 cm³/mol. The van der Waals surface area contributed by atoms with Crippen LogP contribution in [0, 0.1) is 22.6 Å². The van der Waals surface area contributed by atoms with E-state index in [0.29, 0.717) is 34.4 Å². The second-order valence-electron chi connectivity index (χ2n) is 11.9. The molecule has 3 aromatic heterocycles. The number of halogens is 1. The summed E-state index contributed by atoms with van der Waals surface area (Å²) in [5.41, 5.74) is 4.66. The molecule has 0 radical (unpaired) electrons. The fraction of sp³-hybridized carbons (Fsp3) is 0.367. The summed E-state index contributed by atoms with van der Waals surface area (Å²) in [7, 11) is 1.94. The number of carbonyl (C=O) groups is 1. The van der Waals surface area contributed by atoms with Gasteiger partial charge in [0.1, 0.15) is 39.4 Å². The monoisotopic (exact) mass is 569 g/mol. The van der Waals surface area contributed by atoms with Gasteiger partial charge in [-0.15, -0.1) is 0 Å². The molecule has 1 aliphatic carbocycles. The number of hydrogen-bond acceptors (Lipinski definition) is 9. The molecule has 1 N–H and O–H groups in total. The summed E-state index contributed by atoms with van der Waals surface area (Å²) in [5, 5.41) is 20.5. The lowest BCUT2D eigenvalue weighted by molar-refractivity contribution is -0.162. The van der Waals surface area contributed by atoms with Gasteiger partial charge in [-0.2, -0.15) is 5.26 Å². The van der Waals surface area contributed by atoms with E-state index in [1.54, 1.807) is 17.0 Å². The summed E-state index contributed by atoms with van der Waals surface area (Å²) in [5.74, 6) is 0.288. The number of aryl methyl sites for hydroxylation is 1. The molecule has 2 saturated heterocycles. The van der Waals surface area contributed by atoms with Crippen molar-refractivity contribution in [2.24, 2.45) is 5.41 Å². The molecule has 1 amide bonds. The van der Waals surface area contributed by atoms with Crippen LogP contribution in [0.1, 0.15) is 30.0 Å². The summed E-state index contributed by atoms with van der Waals surface area (Å²) in [6.07, 6.45) is 1.80. The van der Waals surface area contributed by atoms with E-state index in [9.17, 15) is 19.6 Å². The van der Waals surface area contributed by atoms with Crippen LogP contribution in [0.5, 0.6) is 0 Å². The normalized spacial score (nSPS) is 17.0. The van der Waals surface area contributed by atoms with Crippen molar-refractivity contribution in [3.8, 4) is 17.3 Å². The molecule has 0 atom stereocenters. The Kier molecular flexibility index (Phi) is 5.62. The molecule has 2 aliphatic heterocycles. The molecule has 4 aromatic rings. The average molecular weight is 570 g/mol. The number of amides is 1. The maximum absolute atomic E-state index is 13.5. The minimum absolute atomic E-state index is 0.0429. The van der Waals surface area contributed by atoms with E-state index in [4.69, 9.17) is 15.0 Å². The molecule has 3 aliphatic rings. The molecule has 0 bridgehead atoms. The van der Waals surface area contributed by atoms with E-state index in [0.717, 1.165) is 59.7 Å². The highest BCUT2D eigenvalue weighted by Gasteiger charge is 2.55. The van der Waals surface area contributed by atoms with Gasteiger partial charge in [0, 0.05) is 55.5 Å². The molecular formula is C30H28FN7O2S. The third-order valence-electron chi connectivity index (χ3n) is 8.28. The number of carbonyl (C=O) groups excluding carboxylic acids is 1. The van der Waals surface area contributed by atoms with Crippen molar-refractivity contribution < 1.29 is 14.3 Å². The number of thiazole rings is 1. The Morgan fingerprint density at radius 1 is 1.10 bits per heavy atom. The molecule has 2 fully saturated rings. The van der Waals surface area contributed by atoms with Crippen LogP contribution in [-0.4, -0.2) is 69.7 Å². The van der Waals surface area contributed by atoms with Gasteiger partial charge in [-0.3, -0.25) is 9.78 Å². The van der Waals surface area contributed by atoms with Gasteiger partial charge in [-0.25, -0.2) is 14.4 Å². The standard InChI is InChI=1S/C30H28FN7O2S/c1-29(2,40)27(39)38-15-30(16-38)13-37(14-30)23-11-10-21-25(34-23)26(19-8-9-20(19)33-21)36(3)28-35-24(22(12-32)41-28)17-4-6-18(31)7-5-17/h4-7,10-11,40H,8-9,13-16H2,1-3H3. The number of fused-ring (bicyclic) bond motifs is 2. The maximum Gasteiger partial charge on any atom is 0.253 e. The molecule has 1 aromatic carbocycles. The second-order valence-corrected chi connectivity index (χ2v) is 12.8. The van der Waals surface area contributed by atoms with E-state index in [1.807, 2.05) is 24.1 Å². The first-order valence-corrected chi connectivity index (χ1v) is 14.4. The Bertz CT molecular complexity index is 1760. The molecular weight excluding hydrogens is 541 g/mol. The van der Waals surface area contributed by atoms with Gasteiger partial charge in [-0.05, 0) is 63.1 Å². The number of benzene rings is 1. The van der Waals surface area contributed by atoms with Crippen LogP contribution in [0.2, 0.25) is 0 Å². The summed E-state index contributed by atoms with van der Waals surface area (Å²) < 4.78 is 13.5. The van der Waals surface area contributed by atoms with Crippen molar-refractivity contribution in [1.29, 1.82) is 5.26 Å². The highest BCUT2D eigenvalue weighted by Crippen LogP contribution is 2.45. The fourth-order valence-corrected chi connectivity index (χ4v) is 6.97. The van der Waals surface area contributed by atoms with Crippen LogP contribution in [0.3, 0.4) is 0 Å². The predicted octanol–water partition coefficient (Wildman–Crippen LogP) is 4.05. The second kappa shape index (κ2) is 8.93. The first-order chi connectivity index (χ1) is 19.5. The van der Waals surface area contributed by atoms with E-state index in [-0.39, 0.29) is 17.1 Å². The van der Waals surface area contributed by atoms with E-state index in [2.05, 4.69) is 11.0 Å². The summed E-state index contributed by atoms with van der Waals surface area (Å²) in [4.78, 5) is 33.6. The first kappa shape index (κ1) is 25.8. The quantitative estimate of drug-likeness (QED) is 0.384. The van der Waals surface area contributed by atoms with Gasteiger partial charge in [0.05, 0.1) is 11.2 Å². The number of rotatable bonds is 5. The number of aliphatic hydroxyl groups is 1. The summed E-state index contributed by atoms with van der Waals surface area (Å²) in [6.45, 7) is 5.93. The summed E-state index contributed by atoms with van der Waals surface area (Å²) >= 11 is 1.30. The van der Waals surface area contributed by atoms with Crippen molar-refractivity contribution >= 4 is 44.9 Å². The largest absolute Gasteiger partial charge is 0.381 e. The fourth-order valence-electron chi connectivity index (χ4n) is 6.12. The Morgan fingerprint density at radius 2 is 1.83 bits per heavy atom. The van der Waals surface area contributed by atoms with Crippen LogP contribution < -0.4 is 9.80 Å². The molecule has 11 heteroatoms. The summed E-state index contributed by atoms with van der Waals surface area (Å²) in [6, 6.07) is 12.3. The van der Waals surface area contributed by atoms with Crippen molar-refractivity contribution in [2.75, 3.05) is 43.0 Å². The highest BCUT2D eigenvalue weighted by molar-refractivity contribution is 7.16. The molecule has 1 spiro atoms.